The van der Waals surface area contributed by atoms with Crippen LogP contribution in [0, 0.1) is 0 Å². The summed E-state index contributed by atoms with van der Waals surface area (Å²) in [6, 6.07) is 11.0. The Hall–Kier alpha value is -1.74. The Morgan fingerprint density at radius 1 is 1.12 bits per heavy atom. The quantitative estimate of drug-likeness (QED) is 0.872. The van der Waals surface area contributed by atoms with E-state index in [4.69, 9.17) is 10.5 Å². The minimum absolute atomic E-state index is 0. The third-order valence-electron chi connectivity index (χ3n) is 2.33. The zero-order valence-corrected chi connectivity index (χ0v) is 9.58. The van der Waals surface area contributed by atoms with Crippen LogP contribution in [0.2, 0.25) is 0 Å². The second-order valence-electron chi connectivity index (χ2n) is 3.29. The lowest BCUT2D eigenvalue weighted by atomic mass is 10.1. The van der Waals surface area contributed by atoms with E-state index < -0.39 is 5.91 Å². The Morgan fingerprint density at radius 3 is 2.38 bits per heavy atom. The van der Waals surface area contributed by atoms with Crippen LogP contribution in [0.3, 0.4) is 0 Å². The van der Waals surface area contributed by atoms with Crippen molar-refractivity contribution in [1.29, 1.82) is 0 Å². The van der Waals surface area contributed by atoms with Crippen molar-refractivity contribution in [3.63, 3.8) is 0 Å². The molecule has 0 atom stereocenters. The number of hydrogen-bond acceptors (Lipinski definition) is 2. The molecule has 0 aromatic heterocycles. The SMILES string of the molecule is COc1ccc2cc(C(N)=O)ccc2c1.Cl. The van der Waals surface area contributed by atoms with Crippen molar-refractivity contribution in [2.75, 3.05) is 7.11 Å². The Labute approximate surface area is 99.6 Å². The smallest absolute Gasteiger partial charge is 0.248 e. The van der Waals surface area contributed by atoms with E-state index in [0.29, 0.717) is 5.56 Å². The number of methoxy groups -OCH3 is 1. The maximum Gasteiger partial charge on any atom is 0.248 e. The van der Waals surface area contributed by atoms with E-state index in [2.05, 4.69) is 0 Å². The highest BCUT2D eigenvalue weighted by atomic mass is 35.5. The highest BCUT2D eigenvalue weighted by molar-refractivity contribution is 5.97. The van der Waals surface area contributed by atoms with Gasteiger partial charge in [-0.05, 0) is 35.0 Å². The number of hydrogen-bond donors (Lipinski definition) is 1. The number of benzene rings is 2. The molecular weight excluding hydrogens is 226 g/mol. The number of halogens is 1. The fourth-order valence-corrected chi connectivity index (χ4v) is 1.50. The molecule has 0 saturated heterocycles. The molecule has 0 saturated carbocycles. The van der Waals surface area contributed by atoms with Crippen molar-refractivity contribution in [2.45, 2.75) is 0 Å². The molecule has 16 heavy (non-hydrogen) atoms. The van der Waals surface area contributed by atoms with Gasteiger partial charge in [0.1, 0.15) is 5.75 Å². The van der Waals surface area contributed by atoms with Gasteiger partial charge in [-0.25, -0.2) is 0 Å². The van der Waals surface area contributed by atoms with Gasteiger partial charge in [0, 0.05) is 5.56 Å². The Kier molecular flexibility index (Phi) is 3.74. The van der Waals surface area contributed by atoms with Gasteiger partial charge in [-0.2, -0.15) is 0 Å². The van der Waals surface area contributed by atoms with E-state index in [1.807, 2.05) is 24.3 Å². The van der Waals surface area contributed by atoms with Gasteiger partial charge in [0.15, 0.2) is 0 Å². The van der Waals surface area contributed by atoms with Crippen molar-refractivity contribution in [1.82, 2.24) is 0 Å². The first-order valence-corrected chi connectivity index (χ1v) is 4.58. The average Bonchev–Trinajstić information content (AvgIpc) is 2.27. The van der Waals surface area contributed by atoms with E-state index in [0.717, 1.165) is 16.5 Å². The zero-order chi connectivity index (χ0) is 10.8. The van der Waals surface area contributed by atoms with Crippen LogP contribution in [0.4, 0.5) is 0 Å². The standard InChI is InChI=1S/C12H11NO2.ClH/c1-15-11-5-4-8-6-10(12(13)14)3-2-9(8)7-11;/h2-7H,1H3,(H2,13,14);1H. The van der Waals surface area contributed by atoms with E-state index in [-0.39, 0.29) is 12.4 Å². The minimum Gasteiger partial charge on any atom is -0.497 e. The Morgan fingerprint density at radius 2 is 1.75 bits per heavy atom. The summed E-state index contributed by atoms with van der Waals surface area (Å²) in [5, 5.41) is 2.01. The number of fused-ring (bicyclic) bond motifs is 1. The zero-order valence-electron chi connectivity index (χ0n) is 8.77. The molecule has 84 valence electrons. The largest absolute Gasteiger partial charge is 0.497 e. The highest BCUT2D eigenvalue weighted by Gasteiger charge is 2.02. The number of rotatable bonds is 2. The lowest BCUT2D eigenvalue weighted by Gasteiger charge is -2.03. The van der Waals surface area contributed by atoms with Crippen LogP contribution < -0.4 is 10.5 Å². The topological polar surface area (TPSA) is 52.3 Å². The summed E-state index contributed by atoms with van der Waals surface area (Å²) < 4.78 is 5.11. The predicted molar refractivity (Wildman–Crippen MR) is 66.3 cm³/mol. The van der Waals surface area contributed by atoms with Gasteiger partial charge in [0.05, 0.1) is 7.11 Å². The number of amides is 1. The minimum atomic E-state index is -0.410. The number of ether oxygens (including phenoxy) is 1. The van der Waals surface area contributed by atoms with Crippen LogP contribution >= 0.6 is 12.4 Å². The molecule has 1 amide bonds. The van der Waals surface area contributed by atoms with E-state index >= 15 is 0 Å². The second-order valence-corrected chi connectivity index (χ2v) is 3.29. The Balaban J connectivity index is 0.00000128. The van der Waals surface area contributed by atoms with Gasteiger partial charge >= 0.3 is 0 Å². The molecule has 0 aliphatic carbocycles. The summed E-state index contributed by atoms with van der Waals surface area (Å²) in [6.07, 6.45) is 0. The molecule has 2 aromatic rings. The second kappa shape index (κ2) is 4.86. The monoisotopic (exact) mass is 237 g/mol. The lowest BCUT2D eigenvalue weighted by molar-refractivity contribution is 0.100. The summed E-state index contributed by atoms with van der Waals surface area (Å²) in [5.41, 5.74) is 5.72. The molecule has 0 bridgehead atoms. The number of carbonyl (C=O) groups excluding carboxylic acids is 1. The first-order chi connectivity index (χ1) is 7.20. The fourth-order valence-electron chi connectivity index (χ4n) is 1.50. The van der Waals surface area contributed by atoms with Gasteiger partial charge in [0.2, 0.25) is 5.91 Å². The molecule has 2 N–H and O–H groups in total. The van der Waals surface area contributed by atoms with Gasteiger partial charge < -0.3 is 10.5 Å². The first kappa shape index (κ1) is 12.3. The molecule has 2 aromatic carbocycles. The van der Waals surface area contributed by atoms with Crippen LogP contribution in [0.25, 0.3) is 10.8 Å². The molecule has 4 heteroatoms. The van der Waals surface area contributed by atoms with Gasteiger partial charge in [0.25, 0.3) is 0 Å². The van der Waals surface area contributed by atoms with Crippen molar-refractivity contribution in [3.05, 3.63) is 42.0 Å². The molecule has 2 rings (SSSR count). The first-order valence-electron chi connectivity index (χ1n) is 4.58. The van der Waals surface area contributed by atoms with Crippen LogP contribution in [0.5, 0.6) is 5.75 Å². The summed E-state index contributed by atoms with van der Waals surface area (Å²) in [4.78, 5) is 11.0. The molecule has 0 unspecified atom stereocenters. The molecule has 0 fully saturated rings. The maximum atomic E-state index is 11.0. The van der Waals surface area contributed by atoms with E-state index in [9.17, 15) is 4.79 Å². The number of carbonyl (C=O) groups is 1. The van der Waals surface area contributed by atoms with Gasteiger partial charge in [-0.15, -0.1) is 12.4 Å². The van der Waals surface area contributed by atoms with Crippen LogP contribution in [-0.2, 0) is 0 Å². The van der Waals surface area contributed by atoms with E-state index in [1.165, 1.54) is 0 Å². The molecule has 0 spiro atoms. The summed E-state index contributed by atoms with van der Waals surface area (Å²) in [5.74, 6) is 0.391. The molecule has 0 heterocycles. The Bertz CT molecular complexity index is 525. The molecule has 0 radical (unpaired) electrons. The maximum absolute atomic E-state index is 11.0. The molecular formula is C12H12ClNO2. The molecule has 0 aliphatic heterocycles. The van der Waals surface area contributed by atoms with Gasteiger partial charge in [-0.1, -0.05) is 12.1 Å². The number of nitrogens with two attached hydrogens (primary N) is 1. The van der Waals surface area contributed by atoms with Crippen LogP contribution in [-0.4, -0.2) is 13.0 Å². The lowest BCUT2D eigenvalue weighted by Crippen LogP contribution is -2.10. The summed E-state index contributed by atoms with van der Waals surface area (Å²) in [6.45, 7) is 0. The summed E-state index contributed by atoms with van der Waals surface area (Å²) >= 11 is 0. The third-order valence-corrected chi connectivity index (χ3v) is 2.33. The summed E-state index contributed by atoms with van der Waals surface area (Å²) in [7, 11) is 1.62. The van der Waals surface area contributed by atoms with Gasteiger partial charge in [-0.3, -0.25) is 4.79 Å². The molecule has 0 aliphatic rings. The third kappa shape index (κ3) is 2.25. The normalized spacial score (nSPS) is 9.56. The van der Waals surface area contributed by atoms with Crippen molar-refractivity contribution >= 4 is 29.1 Å². The van der Waals surface area contributed by atoms with E-state index in [1.54, 1.807) is 19.2 Å². The van der Waals surface area contributed by atoms with Crippen LogP contribution in [0.15, 0.2) is 36.4 Å². The predicted octanol–water partition coefficient (Wildman–Crippen LogP) is 2.37. The van der Waals surface area contributed by atoms with Crippen molar-refractivity contribution < 1.29 is 9.53 Å². The highest BCUT2D eigenvalue weighted by Crippen LogP contribution is 2.21. The fraction of sp³-hybridized carbons (Fsp3) is 0.0833. The molecule has 3 nitrogen and oxygen atoms in total. The number of primary amides is 1. The van der Waals surface area contributed by atoms with Crippen molar-refractivity contribution in [2.24, 2.45) is 5.73 Å². The van der Waals surface area contributed by atoms with Crippen molar-refractivity contribution in [3.8, 4) is 5.75 Å². The van der Waals surface area contributed by atoms with Crippen LogP contribution in [0.1, 0.15) is 10.4 Å². The average molecular weight is 238 g/mol.